The van der Waals surface area contributed by atoms with Crippen LogP contribution in [0, 0.1) is 13.8 Å². The quantitative estimate of drug-likeness (QED) is 0.783. The largest absolute Gasteiger partial charge is 0.151 e. The first kappa shape index (κ1) is 12.4. The molecule has 88 valence electrons. The Hall–Kier alpha value is -1.06. The molecule has 0 aliphatic rings. The van der Waals surface area contributed by atoms with E-state index in [2.05, 4.69) is 42.2 Å². The number of hydrogen-bond acceptors (Lipinski definition) is 3. The molecule has 1 aromatic carbocycles. The maximum atomic E-state index is 5.69. The summed E-state index contributed by atoms with van der Waals surface area (Å²) in [6.45, 7) is 4.24. The van der Waals surface area contributed by atoms with Crippen LogP contribution >= 0.6 is 23.4 Å². The predicted molar refractivity (Wildman–Crippen MR) is 72.5 cm³/mol. The zero-order valence-electron chi connectivity index (χ0n) is 9.77. The topological polar surface area (TPSA) is 25.8 Å². The van der Waals surface area contributed by atoms with E-state index in [0.717, 1.165) is 10.8 Å². The second-order valence-electron chi connectivity index (χ2n) is 3.91. The molecule has 0 unspecified atom stereocenters. The minimum Gasteiger partial charge on any atom is -0.143 e. The fraction of sp³-hybridized carbons (Fsp3) is 0.231. The van der Waals surface area contributed by atoms with Gasteiger partial charge in [-0.2, -0.15) is 0 Å². The summed E-state index contributed by atoms with van der Waals surface area (Å²) >= 11 is 7.36. The smallest absolute Gasteiger partial charge is 0.143 e. The summed E-state index contributed by atoms with van der Waals surface area (Å²) < 4.78 is 0. The Kier molecular flexibility index (Phi) is 4.02. The van der Waals surface area contributed by atoms with Crippen molar-refractivity contribution in [1.82, 2.24) is 10.2 Å². The Labute approximate surface area is 110 Å². The summed E-state index contributed by atoms with van der Waals surface area (Å²) in [7, 11) is 0. The standard InChI is InChI=1S/C13H13ClN2S/c1-9-3-4-11(10(2)7-9)8-17-13-6-5-12(14)15-16-13/h3-7H,8H2,1-2H3. The number of hydrogen-bond donors (Lipinski definition) is 0. The number of rotatable bonds is 3. The van der Waals surface area contributed by atoms with Crippen LogP contribution in [-0.2, 0) is 5.75 Å². The van der Waals surface area contributed by atoms with E-state index in [1.807, 2.05) is 6.07 Å². The van der Waals surface area contributed by atoms with E-state index < -0.39 is 0 Å². The molecular weight excluding hydrogens is 252 g/mol. The van der Waals surface area contributed by atoms with Gasteiger partial charge in [-0.05, 0) is 37.1 Å². The van der Waals surface area contributed by atoms with Crippen molar-refractivity contribution in [3.63, 3.8) is 0 Å². The van der Waals surface area contributed by atoms with Gasteiger partial charge in [-0.1, -0.05) is 47.1 Å². The van der Waals surface area contributed by atoms with Crippen LogP contribution in [0.1, 0.15) is 16.7 Å². The molecule has 2 aromatic rings. The van der Waals surface area contributed by atoms with Gasteiger partial charge < -0.3 is 0 Å². The van der Waals surface area contributed by atoms with Crippen molar-refractivity contribution in [3.05, 3.63) is 52.2 Å². The summed E-state index contributed by atoms with van der Waals surface area (Å²) in [6, 6.07) is 10.2. The molecule has 0 spiro atoms. The molecule has 1 heterocycles. The highest BCUT2D eigenvalue weighted by Gasteiger charge is 2.01. The van der Waals surface area contributed by atoms with Crippen LogP contribution in [0.5, 0.6) is 0 Å². The number of nitrogens with zero attached hydrogens (tertiary/aromatic N) is 2. The molecule has 0 saturated heterocycles. The lowest BCUT2D eigenvalue weighted by molar-refractivity contribution is 0.929. The highest BCUT2D eigenvalue weighted by Crippen LogP contribution is 2.23. The average Bonchev–Trinajstić information content (AvgIpc) is 2.30. The molecule has 0 aliphatic heterocycles. The summed E-state index contributed by atoms with van der Waals surface area (Å²) in [5.74, 6) is 0.905. The zero-order chi connectivity index (χ0) is 12.3. The van der Waals surface area contributed by atoms with Crippen LogP contribution in [0.15, 0.2) is 35.4 Å². The predicted octanol–water partition coefficient (Wildman–Crippen LogP) is 4.04. The lowest BCUT2D eigenvalue weighted by Gasteiger charge is -2.06. The van der Waals surface area contributed by atoms with Crippen molar-refractivity contribution in [2.24, 2.45) is 0 Å². The van der Waals surface area contributed by atoms with E-state index >= 15 is 0 Å². The van der Waals surface area contributed by atoms with E-state index in [1.54, 1.807) is 17.8 Å². The highest BCUT2D eigenvalue weighted by atomic mass is 35.5. The van der Waals surface area contributed by atoms with Crippen molar-refractivity contribution in [1.29, 1.82) is 0 Å². The lowest BCUT2D eigenvalue weighted by atomic mass is 10.1. The summed E-state index contributed by atoms with van der Waals surface area (Å²) in [5, 5.41) is 9.17. The van der Waals surface area contributed by atoms with E-state index in [-0.39, 0.29) is 0 Å². The Bertz CT molecular complexity index is 511. The van der Waals surface area contributed by atoms with Crippen LogP contribution in [-0.4, -0.2) is 10.2 Å². The van der Waals surface area contributed by atoms with Gasteiger partial charge in [-0.15, -0.1) is 10.2 Å². The molecule has 2 nitrogen and oxygen atoms in total. The van der Waals surface area contributed by atoms with Crippen LogP contribution in [0.3, 0.4) is 0 Å². The summed E-state index contributed by atoms with van der Waals surface area (Å²) in [6.07, 6.45) is 0. The number of thioether (sulfide) groups is 1. The third kappa shape index (κ3) is 3.45. The Morgan fingerprint density at radius 3 is 2.59 bits per heavy atom. The van der Waals surface area contributed by atoms with Gasteiger partial charge in [0, 0.05) is 5.75 Å². The number of aromatic nitrogens is 2. The monoisotopic (exact) mass is 264 g/mol. The first-order valence-corrected chi connectivity index (χ1v) is 6.69. The van der Waals surface area contributed by atoms with E-state index in [1.165, 1.54) is 16.7 Å². The van der Waals surface area contributed by atoms with Gasteiger partial charge in [0.2, 0.25) is 0 Å². The SMILES string of the molecule is Cc1ccc(CSc2ccc(Cl)nn2)c(C)c1. The number of aryl methyl sites for hydroxylation is 2. The second-order valence-corrected chi connectivity index (χ2v) is 5.30. The zero-order valence-corrected chi connectivity index (χ0v) is 11.3. The Morgan fingerprint density at radius 2 is 1.94 bits per heavy atom. The van der Waals surface area contributed by atoms with Crippen molar-refractivity contribution in [3.8, 4) is 0 Å². The van der Waals surface area contributed by atoms with Gasteiger partial charge in [0.1, 0.15) is 5.03 Å². The fourth-order valence-corrected chi connectivity index (χ4v) is 2.53. The molecule has 0 atom stereocenters. The van der Waals surface area contributed by atoms with E-state index in [0.29, 0.717) is 5.15 Å². The molecule has 0 saturated carbocycles. The molecule has 0 radical (unpaired) electrons. The Balaban J connectivity index is 2.04. The van der Waals surface area contributed by atoms with Gasteiger partial charge >= 0.3 is 0 Å². The average molecular weight is 265 g/mol. The molecule has 17 heavy (non-hydrogen) atoms. The van der Waals surface area contributed by atoms with Crippen molar-refractivity contribution in [2.75, 3.05) is 0 Å². The van der Waals surface area contributed by atoms with Crippen molar-refractivity contribution >= 4 is 23.4 Å². The van der Waals surface area contributed by atoms with Crippen LogP contribution < -0.4 is 0 Å². The van der Waals surface area contributed by atoms with Gasteiger partial charge in [0.25, 0.3) is 0 Å². The molecule has 2 rings (SSSR count). The van der Waals surface area contributed by atoms with Crippen LogP contribution in [0.2, 0.25) is 5.15 Å². The fourth-order valence-electron chi connectivity index (χ4n) is 1.54. The molecule has 0 aliphatic carbocycles. The number of benzene rings is 1. The van der Waals surface area contributed by atoms with Crippen molar-refractivity contribution in [2.45, 2.75) is 24.6 Å². The van der Waals surface area contributed by atoms with E-state index in [9.17, 15) is 0 Å². The molecular formula is C13H13ClN2S. The second kappa shape index (κ2) is 5.52. The van der Waals surface area contributed by atoms with Gasteiger partial charge in [0.05, 0.1) is 0 Å². The van der Waals surface area contributed by atoms with Gasteiger partial charge in [-0.3, -0.25) is 0 Å². The Morgan fingerprint density at radius 1 is 1.12 bits per heavy atom. The highest BCUT2D eigenvalue weighted by molar-refractivity contribution is 7.98. The van der Waals surface area contributed by atoms with Gasteiger partial charge in [0.15, 0.2) is 5.15 Å². The van der Waals surface area contributed by atoms with Crippen LogP contribution in [0.4, 0.5) is 0 Å². The van der Waals surface area contributed by atoms with Crippen LogP contribution in [0.25, 0.3) is 0 Å². The lowest BCUT2D eigenvalue weighted by Crippen LogP contribution is -1.89. The van der Waals surface area contributed by atoms with E-state index in [4.69, 9.17) is 11.6 Å². The minimum absolute atomic E-state index is 0.431. The third-order valence-corrected chi connectivity index (χ3v) is 3.65. The molecule has 0 amide bonds. The normalized spacial score (nSPS) is 10.5. The molecule has 4 heteroatoms. The van der Waals surface area contributed by atoms with Crippen molar-refractivity contribution < 1.29 is 0 Å². The third-order valence-electron chi connectivity index (χ3n) is 2.48. The molecule has 0 fully saturated rings. The first-order valence-electron chi connectivity index (χ1n) is 5.33. The minimum atomic E-state index is 0.431. The van der Waals surface area contributed by atoms with Gasteiger partial charge in [-0.25, -0.2) is 0 Å². The maximum absolute atomic E-state index is 5.69. The summed E-state index contributed by atoms with van der Waals surface area (Å²) in [5.41, 5.74) is 3.94. The molecule has 1 aromatic heterocycles. The molecule has 0 N–H and O–H groups in total. The number of halogens is 1. The first-order chi connectivity index (χ1) is 8.15. The maximum Gasteiger partial charge on any atom is 0.151 e. The molecule has 0 bridgehead atoms. The summed E-state index contributed by atoms with van der Waals surface area (Å²) in [4.78, 5) is 0.